The normalized spacial score (nSPS) is 15.5. The molecule has 0 radical (unpaired) electrons. The Hall–Kier alpha value is -2.97. The van der Waals surface area contributed by atoms with Crippen molar-refractivity contribution in [3.05, 3.63) is 69.3 Å². The van der Waals surface area contributed by atoms with Crippen LogP contribution in [0.25, 0.3) is 10.9 Å². The number of amides is 1. The van der Waals surface area contributed by atoms with Gasteiger partial charge < -0.3 is 9.84 Å². The van der Waals surface area contributed by atoms with Crippen LogP contribution in [0.1, 0.15) is 43.4 Å². The van der Waals surface area contributed by atoms with E-state index in [1.165, 1.54) is 5.01 Å². The summed E-state index contributed by atoms with van der Waals surface area (Å²) in [5, 5.41) is 16.1. The third-order valence-corrected chi connectivity index (χ3v) is 6.11. The number of hydrogen-bond acceptors (Lipinski definition) is 5. The lowest BCUT2D eigenvalue weighted by molar-refractivity contribution is -0.141. The monoisotopic (exact) mass is 529 g/mol. The highest BCUT2D eigenvalue weighted by atomic mass is 79.9. The second kappa shape index (κ2) is 9.89. The average molecular weight is 531 g/mol. The van der Waals surface area contributed by atoms with Gasteiger partial charge in [-0.2, -0.15) is 5.10 Å². The highest BCUT2D eigenvalue weighted by molar-refractivity contribution is 9.10. The molecule has 1 atom stereocenters. The fourth-order valence-electron chi connectivity index (χ4n) is 3.78. The summed E-state index contributed by atoms with van der Waals surface area (Å²) in [7, 11) is 0. The Morgan fingerprint density at radius 2 is 2.03 bits per heavy atom. The fourth-order valence-corrected chi connectivity index (χ4v) is 4.45. The maximum atomic E-state index is 12.9. The van der Waals surface area contributed by atoms with Crippen LogP contribution in [0.2, 0.25) is 5.15 Å². The van der Waals surface area contributed by atoms with Crippen LogP contribution in [-0.2, 0) is 9.59 Å². The first-order chi connectivity index (χ1) is 15.9. The minimum absolute atomic E-state index is 0.155. The Morgan fingerprint density at radius 1 is 1.21 bits per heavy atom. The van der Waals surface area contributed by atoms with E-state index < -0.39 is 12.0 Å². The number of fused-ring (bicyclic) bond motifs is 1. The van der Waals surface area contributed by atoms with Crippen molar-refractivity contribution in [2.45, 2.75) is 32.2 Å². The van der Waals surface area contributed by atoms with Gasteiger partial charge in [0.15, 0.2) is 0 Å². The Kier molecular flexibility index (Phi) is 6.95. The number of hydrogen-bond donors (Lipinski definition) is 1. The van der Waals surface area contributed by atoms with Crippen molar-refractivity contribution in [1.82, 2.24) is 9.99 Å². The van der Waals surface area contributed by atoms with E-state index in [1.807, 2.05) is 55.5 Å². The molecule has 2 heterocycles. The largest absolute Gasteiger partial charge is 0.494 e. The summed E-state index contributed by atoms with van der Waals surface area (Å²) in [6.07, 6.45) is 0.00431. The molecule has 3 aromatic rings. The summed E-state index contributed by atoms with van der Waals surface area (Å²) >= 11 is 10.1. The fraction of sp³-hybridized carbons (Fsp3) is 0.250. The van der Waals surface area contributed by atoms with E-state index in [1.54, 1.807) is 0 Å². The minimum Gasteiger partial charge on any atom is -0.494 e. The van der Waals surface area contributed by atoms with E-state index in [0.717, 1.165) is 15.4 Å². The quantitative estimate of drug-likeness (QED) is 0.402. The third kappa shape index (κ3) is 5.17. The molecule has 0 fully saturated rings. The first-order valence-corrected chi connectivity index (χ1v) is 11.6. The van der Waals surface area contributed by atoms with Gasteiger partial charge in [-0.1, -0.05) is 39.7 Å². The van der Waals surface area contributed by atoms with Gasteiger partial charge >= 0.3 is 5.97 Å². The number of aliphatic carboxylic acids is 1. The molecule has 4 rings (SSSR count). The number of pyridine rings is 1. The van der Waals surface area contributed by atoms with Gasteiger partial charge in [0.05, 0.1) is 30.3 Å². The number of halogens is 2. The second-order valence-corrected chi connectivity index (χ2v) is 8.84. The topological polar surface area (TPSA) is 92.1 Å². The van der Waals surface area contributed by atoms with Crippen LogP contribution >= 0.6 is 27.5 Å². The number of carbonyl (C=O) groups excluding carboxylic acids is 1. The van der Waals surface area contributed by atoms with Crippen molar-refractivity contribution in [3.63, 3.8) is 0 Å². The van der Waals surface area contributed by atoms with E-state index in [9.17, 15) is 9.59 Å². The van der Waals surface area contributed by atoms with Crippen LogP contribution in [0, 0.1) is 0 Å². The second-order valence-electron chi connectivity index (χ2n) is 7.56. The summed E-state index contributed by atoms with van der Waals surface area (Å²) in [5.41, 5.74) is 2.93. The van der Waals surface area contributed by atoms with E-state index in [-0.39, 0.29) is 23.9 Å². The molecule has 1 aliphatic heterocycles. The van der Waals surface area contributed by atoms with E-state index in [0.29, 0.717) is 35.6 Å². The third-order valence-electron chi connectivity index (χ3n) is 5.32. The van der Waals surface area contributed by atoms with Crippen molar-refractivity contribution in [2.24, 2.45) is 5.10 Å². The number of benzene rings is 2. The summed E-state index contributed by atoms with van der Waals surface area (Å²) in [4.78, 5) is 28.5. The lowest BCUT2D eigenvalue weighted by atomic mass is 9.98. The molecule has 0 bridgehead atoms. The first-order valence-electron chi connectivity index (χ1n) is 10.5. The lowest BCUT2D eigenvalue weighted by Gasteiger charge is -2.23. The molecule has 1 aliphatic rings. The van der Waals surface area contributed by atoms with Gasteiger partial charge in [0.25, 0.3) is 0 Å². The summed E-state index contributed by atoms with van der Waals surface area (Å²) in [6.45, 7) is 2.45. The molecule has 0 aliphatic carbocycles. The molecule has 1 amide bonds. The van der Waals surface area contributed by atoms with Crippen LogP contribution in [-0.4, -0.2) is 39.3 Å². The van der Waals surface area contributed by atoms with E-state index in [4.69, 9.17) is 21.4 Å². The minimum atomic E-state index is -1.04. The zero-order valence-electron chi connectivity index (χ0n) is 17.8. The van der Waals surface area contributed by atoms with E-state index >= 15 is 0 Å². The maximum Gasteiger partial charge on any atom is 0.303 e. The predicted octanol–water partition coefficient (Wildman–Crippen LogP) is 5.59. The molecule has 33 heavy (non-hydrogen) atoms. The SMILES string of the molecule is CCOc1ccc2cc([C@H]3CC(c4cccc(Br)c4)=NN3C(=O)CCC(=O)O)c(Cl)nc2c1. The molecule has 1 aromatic heterocycles. The van der Waals surface area contributed by atoms with Crippen LogP contribution in [0.3, 0.4) is 0 Å². The van der Waals surface area contributed by atoms with Gasteiger partial charge in [-0.05, 0) is 42.8 Å². The average Bonchev–Trinajstić information content (AvgIpc) is 3.22. The van der Waals surface area contributed by atoms with Crippen molar-refractivity contribution >= 4 is 56.0 Å². The smallest absolute Gasteiger partial charge is 0.303 e. The molecule has 1 N–H and O–H groups in total. The summed E-state index contributed by atoms with van der Waals surface area (Å²) in [6, 6.07) is 14.6. The highest BCUT2D eigenvalue weighted by Gasteiger charge is 2.35. The van der Waals surface area contributed by atoms with Gasteiger partial charge in [0.2, 0.25) is 5.91 Å². The molecular weight excluding hydrogens is 510 g/mol. The molecule has 0 saturated heterocycles. The number of carboxylic acids is 1. The Morgan fingerprint density at radius 3 is 2.76 bits per heavy atom. The van der Waals surface area contributed by atoms with Crippen LogP contribution in [0.15, 0.2) is 58.1 Å². The summed E-state index contributed by atoms with van der Waals surface area (Å²) in [5.74, 6) is -0.714. The number of aromatic nitrogens is 1. The number of carbonyl (C=O) groups is 2. The van der Waals surface area contributed by atoms with Crippen molar-refractivity contribution in [1.29, 1.82) is 0 Å². The van der Waals surface area contributed by atoms with Crippen LogP contribution < -0.4 is 4.74 Å². The van der Waals surface area contributed by atoms with Gasteiger partial charge in [-0.15, -0.1) is 0 Å². The van der Waals surface area contributed by atoms with Crippen molar-refractivity contribution < 1.29 is 19.4 Å². The molecule has 0 spiro atoms. The Bertz CT molecular complexity index is 1260. The molecule has 0 unspecified atom stereocenters. The molecular formula is C24H21BrClN3O4. The molecule has 9 heteroatoms. The van der Waals surface area contributed by atoms with Crippen molar-refractivity contribution in [2.75, 3.05) is 6.61 Å². The van der Waals surface area contributed by atoms with Gasteiger partial charge in [-0.3, -0.25) is 9.59 Å². The Balaban J connectivity index is 1.72. The van der Waals surface area contributed by atoms with Crippen LogP contribution in [0.5, 0.6) is 5.75 Å². The van der Waals surface area contributed by atoms with E-state index in [2.05, 4.69) is 26.0 Å². The number of hydrazone groups is 1. The number of rotatable bonds is 7. The lowest BCUT2D eigenvalue weighted by Crippen LogP contribution is -2.27. The number of carboxylic acid groups (broad SMARTS) is 1. The van der Waals surface area contributed by atoms with Gasteiger partial charge in [0.1, 0.15) is 10.9 Å². The zero-order chi connectivity index (χ0) is 23.5. The number of nitrogens with zero attached hydrogens (tertiary/aromatic N) is 3. The zero-order valence-corrected chi connectivity index (χ0v) is 20.1. The first kappa shape index (κ1) is 23.2. The molecule has 2 aromatic carbocycles. The molecule has 0 saturated carbocycles. The van der Waals surface area contributed by atoms with Crippen molar-refractivity contribution in [3.8, 4) is 5.75 Å². The Labute approximate surface area is 204 Å². The predicted molar refractivity (Wildman–Crippen MR) is 130 cm³/mol. The molecule has 7 nitrogen and oxygen atoms in total. The highest BCUT2D eigenvalue weighted by Crippen LogP contribution is 2.38. The van der Waals surface area contributed by atoms with Gasteiger partial charge in [-0.25, -0.2) is 9.99 Å². The number of ether oxygens (including phenoxy) is 1. The maximum absolute atomic E-state index is 12.9. The van der Waals surface area contributed by atoms with Crippen LogP contribution in [0.4, 0.5) is 0 Å². The van der Waals surface area contributed by atoms with Gasteiger partial charge in [0, 0.05) is 34.3 Å². The standard InChI is InChI=1S/C24H21BrClN3O4/c1-2-33-17-7-6-15-11-18(24(26)27-19(15)12-17)21-13-20(14-4-3-5-16(25)10-14)28-29(21)22(30)8-9-23(31)32/h3-7,10-12,21H,2,8-9,13H2,1H3,(H,31,32)/t21-/m1/s1. The summed E-state index contributed by atoms with van der Waals surface area (Å²) < 4.78 is 6.44. The molecule has 170 valence electrons.